The maximum Gasteiger partial charge on any atom is 0.238 e. The number of para-hydroxylation sites is 1. The van der Waals surface area contributed by atoms with Gasteiger partial charge < -0.3 is 14.7 Å². The number of hydrogen-bond acceptors (Lipinski definition) is 6. The molecule has 2 aromatic carbocycles. The minimum Gasteiger partial charge on any atom is -0.340 e. The normalized spacial score (nSPS) is 14.3. The summed E-state index contributed by atoms with van der Waals surface area (Å²) < 4.78 is 5.38. The van der Waals surface area contributed by atoms with Crippen LogP contribution in [0.25, 0.3) is 11.4 Å². The van der Waals surface area contributed by atoms with Crippen LogP contribution in [0.2, 0.25) is 0 Å². The summed E-state index contributed by atoms with van der Waals surface area (Å²) >= 11 is 0. The van der Waals surface area contributed by atoms with Crippen LogP contribution in [0.15, 0.2) is 53.1 Å². The van der Waals surface area contributed by atoms with E-state index in [2.05, 4.69) is 53.3 Å². The van der Waals surface area contributed by atoms with Gasteiger partial charge in [-0.3, -0.25) is 14.5 Å². The molecule has 8 nitrogen and oxygen atoms in total. The Morgan fingerprint density at radius 1 is 1.03 bits per heavy atom. The van der Waals surface area contributed by atoms with Gasteiger partial charge in [-0.2, -0.15) is 4.98 Å². The number of benzene rings is 2. The Balaban J connectivity index is 1.20. The highest BCUT2D eigenvalue weighted by Crippen LogP contribution is 2.21. The first-order valence-electron chi connectivity index (χ1n) is 12.7. The number of nitrogens with one attached hydrogen (secondary N) is 1. The van der Waals surface area contributed by atoms with Gasteiger partial charge in [0.05, 0.1) is 6.54 Å². The predicted octanol–water partition coefficient (Wildman–Crippen LogP) is 4.14. The van der Waals surface area contributed by atoms with Crippen molar-refractivity contribution in [3.8, 4) is 11.4 Å². The summed E-state index contributed by atoms with van der Waals surface area (Å²) in [6.45, 7) is 9.26. The molecule has 1 N–H and O–H groups in total. The molecule has 3 aromatic rings. The molecule has 1 fully saturated rings. The fourth-order valence-electron chi connectivity index (χ4n) is 4.36. The number of aryl methyl sites for hydroxylation is 2. The van der Waals surface area contributed by atoms with Crippen LogP contribution < -0.4 is 5.32 Å². The summed E-state index contributed by atoms with van der Waals surface area (Å²) in [4.78, 5) is 33.6. The van der Waals surface area contributed by atoms with Gasteiger partial charge in [0, 0.05) is 50.3 Å². The van der Waals surface area contributed by atoms with E-state index in [1.807, 2.05) is 41.3 Å². The monoisotopic (exact) mass is 489 g/mol. The van der Waals surface area contributed by atoms with Crippen LogP contribution in [0, 0.1) is 0 Å². The first-order chi connectivity index (χ1) is 17.4. The maximum absolute atomic E-state index is 12.7. The minimum atomic E-state index is -0.0262. The molecule has 0 atom stereocenters. The Hall–Kier alpha value is -3.52. The lowest BCUT2D eigenvalue weighted by Crippen LogP contribution is -2.50. The van der Waals surface area contributed by atoms with Gasteiger partial charge in [0.1, 0.15) is 0 Å². The lowest BCUT2D eigenvalue weighted by Gasteiger charge is -2.34. The highest BCUT2D eigenvalue weighted by molar-refractivity contribution is 5.93. The van der Waals surface area contributed by atoms with E-state index in [-0.39, 0.29) is 11.8 Å². The van der Waals surface area contributed by atoms with Crippen LogP contribution >= 0.6 is 0 Å². The van der Waals surface area contributed by atoms with Gasteiger partial charge >= 0.3 is 0 Å². The van der Waals surface area contributed by atoms with Gasteiger partial charge in [0.2, 0.25) is 23.5 Å². The Labute approximate surface area is 212 Å². The largest absolute Gasteiger partial charge is 0.340 e. The average molecular weight is 490 g/mol. The second kappa shape index (κ2) is 11.9. The van der Waals surface area contributed by atoms with Crippen molar-refractivity contribution < 1.29 is 14.1 Å². The van der Waals surface area contributed by atoms with Crippen LogP contribution in [0.3, 0.4) is 0 Å². The number of nitrogens with zero attached hydrogens (tertiary/aromatic N) is 4. The van der Waals surface area contributed by atoms with E-state index in [1.165, 1.54) is 5.56 Å². The average Bonchev–Trinajstić information content (AvgIpc) is 3.37. The van der Waals surface area contributed by atoms with Gasteiger partial charge in [-0.15, -0.1) is 0 Å². The van der Waals surface area contributed by atoms with E-state index < -0.39 is 0 Å². The van der Waals surface area contributed by atoms with Crippen LogP contribution in [-0.4, -0.2) is 64.5 Å². The van der Waals surface area contributed by atoms with Crippen molar-refractivity contribution in [1.82, 2.24) is 19.9 Å². The smallest absolute Gasteiger partial charge is 0.238 e. The van der Waals surface area contributed by atoms with Crippen LogP contribution in [0.1, 0.15) is 50.1 Å². The molecule has 0 aliphatic carbocycles. The molecule has 8 heteroatoms. The third kappa shape index (κ3) is 6.57. The Morgan fingerprint density at radius 2 is 1.75 bits per heavy atom. The number of anilines is 1. The van der Waals surface area contributed by atoms with E-state index in [4.69, 9.17) is 4.52 Å². The minimum absolute atomic E-state index is 0.0262. The van der Waals surface area contributed by atoms with E-state index in [9.17, 15) is 9.59 Å². The van der Waals surface area contributed by atoms with Crippen molar-refractivity contribution in [2.75, 3.05) is 38.0 Å². The predicted molar refractivity (Wildman–Crippen MR) is 140 cm³/mol. The molecule has 0 spiro atoms. The first-order valence-corrected chi connectivity index (χ1v) is 12.7. The number of carbonyl (C=O) groups excluding carboxylic acids is 2. The molecule has 1 aliphatic rings. The Morgan fingerprint density at radius 3 is 2.44 bits per heavy atom. The zero-order chi connectivity index (χ0) is 25.5. The number of piperazine rings is 1. The molecule has 36 heavy (non-hydrogen) atoms. The van der Waals surface area contributed by atoms with Crippen molar-refractivity contribution in [1.29, 1.82) is 0 Å². The summed E-state index contributed by atoms with van der Waals surface area (Å²) in [5.74, 6) is 1.52. The van der Waals surface area contributed by atoms with Crippen LogP contribution in [0.4, 0.5) is 5.69 Å². The molecular weight excluding hydrogens is 454 g/mol. The molecule has 4 rings (SSSR count). The number of hydrogen-bond donors (Lipinski definition) is 1. The Bertz CT molecular complexity index is 1160. The second-order valence-corrected chi connectivity index (χ2v) is 9.50. The van der Waals surface area contributed by atoms with E-state index >= 15 is 0 Å². The molecule has 1 aromatic heterocycles. The van der Waals surface area contributed by atoms with Gasteiger partial charge in [-0.05, 0) is 29.5 Å². The highest BCUT2D eigenvalue weighted by Gasteiger charge is 2.23. The maximum atomic E-state index is 12.7. The zero-order valence-electron chi connectivity index (χ0n) is 21.4. The lowest BCUT2D eigenvalue weighted by molar-refractivity contribution is -0.133. The highest BCUT2D eigenvalue weighted by atomic mass is 16.5. The van der Waals surface area contributed by atoms with Gasteiger partial charge in [0.15, 0.2) is 0 Å². The first kappa shape index (κ1) is 25.6. The summed E-state index contributed by atoms with van der Waals surface area (Å²) in [6, 6.07) is 16.0. The van der Waals surface area contributed by atoms with Gasteiger partial charge in [0.25, 0.3) is 0 Å². The topological polar surface area (TPSA) is 91.6 Å². The summed E-state index contributed by atoms with van der Waals surface area (Å²) in [6.07, 6.45) is 1.60. The fourth-order valence-corrected chi connectivity index (χ4v) is 4.36. The third-order valence-electron chi connectivity index (χ3n) is 6.62. The van der Waals surface area contributed by atoms with Crippen molar-refractivity contribution in [2.45, 2.75) is 46.0 Å². The molecule has 190 valence electrons. The van der Waals surface area contributed by atoms with E-state index in [1.54, 1.807) is 0 Å². The van der Waals surface area contributed by atoms with Crippen LogP contribution in [0.5, 0.6) is 0 Å². The number of amides is 2. The fraction of sp³-hybridized carbons (Fsp3) is 0.429. The summed E-state index contributed by atoms with van der Waals surface area (Å²) in [5.41, 5.74) is 4.16. The van der Waals surface area contributed by atoms with Crippen molar-refractivity contribution in [2.24, 2.45) is 0 Å². The third-order valence-corrected chi connectivity index (χ3v) is 6.62. The molecular formula is C28H35N5O3. The quantitative estimate of drug-likeness (QED) is 0.486. The molecule has 1 saturated heterocycles. The lowest BCUT2D eigenvalue weighted by atomic mass is 10.0. The summed E-state index contributed by atoms with van der Waals surface area (Å²) in [7, 11) is 0. The Kier molecular flexibility index (Phi) is 8.48. The standard InChI is InChI=1S/C28H35N5O3/c1-4-21-7-5-6-8-24(21)29-25(34)19-32-15-17-33(18-16-32)27(35)14-13-26-30-28(31-36-26)23-11-9-22(10-12-23)20(2)3/h5-12,20H,4,13-19H2,1-3H3,(H,29,34). The molecule has 0 unspecified atom stereocenters. The summed E-state index contributed by atoms with van der Waals surface area (Å²) in [5, 5.41) is 7.09. The van der Waals surface area contributed by atoms with E-state index in [0.717, 1.165) is 23.2 Å². The molecule has 1 aliphatic heterocycles. The molecule has 2 heterocycles. The molecule has 2 amide bonds. The number of carbonyl (C=O) groups is 2. The van der Waals surface area contributed by atoms with Crippen LogP contribution in [-0.2, 0) is 22.4 Å². The zero-order valence-corrected chi connectivity index (χ0v) is 21.4. The van der Waals surface area contributed by atoms with Gasteiger partial charge in [-0.1, -0.05) is 68.4 Å². The van der Waals surface area contributed by atoms with Crippen molar-refractivity contribution in [3.05, 3.63) is 65.5 Å². The molecule has 0 bridgehead atoms. The van der Waals surface area contributed by atoms with E-state index in [0.29, 0.717) is 63.2 Å². The van der Waals surface area contributed by atoms with Gasteiger partial charge in [-0.25, -0.2) is 0 Å². The van der Waals surface area contributed by atoms with Crippen molar-refractivity contribution in [3.63, 3.8) is 0 Å². The SMILES string of the molecule is CCc1ccccc1NC(=O)CN1CCN(C(=O)CCc2nc(-c3ccc(C(C)C)cc3)no2)CC1. The number of rotatable bonds is 9. The molecule has 0 radical (unpaired) electrons. The second-order valence-electron chi connectivity index (χ2n) is 9.50. The molecule has 0 saturated carbocycles. The number of aromatic nitrogens is 2. The van der Waals surface area contributed by atoms with Crippen molar-refractivity contribution >= 4 is 17.5 Å².